The normalized spacial score (nSPS) is 17.1. The summed E-state index contributed by atoms with van der Waals surface area (Å²) in [6.07, 6.45) is 7.26. The molecule has 0 amide bonds. The number of benzene rings is 2. The van der Waals surface area contributed by atoms with Gasteiger partial charge in [0, 0.05) is 24.4 Å². The van der Waals surface area contributed by atoms with Crippen LogP contribution in [0.3, 0.4) is 0 Å². The summed E-state index contributed by atoms with van der Waals surface area (Å²) in [6, 6.07) is 15.2. The number of allylic oxidation sites excluding steroid dienone is 1. The van der Waals surface area contributed by atoms with Crippen LogP contribution in [-0.4, -0.2) is 18.0 Å². The lowest BCUT2D eigenvalue weighted by molar-refractivity contribution is 0.299. The van der Waals surface area contributed by atoms with Crippen molar-refractivity contribution in [2.45, 2.75) is 64.2 Å². The lowest BCUT2D eigenvalue weighted by Gasteiger charge is -2.36. The van der Waals surface area contributed by atoms with Crippen LogP contribution in [0.5, 0.6) is 0 Å². The van der Waals surface area contributed by atoms with Crippen LogP contribution >= 0.6 is 0 Å². The largest absolute Gasteiger partial charge is 0.371 e. The van der Waals surface area contributed by atoms with Gasteiger partial charge >= 0.3 is 0 Å². The van der Waals surface area contributed by atoms with E-state index in [1.165, 1.54) is 47.1 Å². The topological polar surface area (TPSA) is 27.0 Å². The van der Waals surface area contributed by atoms with E-state index in [0.717, 1.165) is 49.2 Å². The van der Waals surface area contributed by atoms with E-state index >= 15 is 0 Å². The zero-order valence-corrected chi connectivity index (χ0v) is 19.1. The Hall–Kier alpha value is -2.79. The van der Waals surface area contributed by atoms with Gasteiger partial charge in [-0.3, -0.25) is 0 Å². The molecule has 0 N–H and O–H groups in total. The zero-order chi connectivity index (χ0) is 22.0. The molecule has 31 heavy (non-hydrogen) atoms. The van der Waals surface area contributed by atoms with Gasteiger partial charge in [0.15, 0.2) is 0 Å². The summed E-state index contributed by atoms with van der Waals surface area (Å²) in [7, 11) is 0. The molecule has 0 aromatic heterocycles. The van der Waals surface area contributed by atoms with Gasteiger partial charge in [-0.2, -0.15) is 5.26 Å². The third kappa shape index (κ3) is 4.33. The van der Waals surface area contributed by atoms with Crippen molar-refractivity contribution >= 4 is 11.3 Å². The van der Waals surface area contributed by atoms with Crippen molar-refractivity contribution in [2.24, 2.45) is 0 Å². The van der Waals surface area contributed by atoms with E-state index in [9.17, 15) is 0 Å². The van der Waals surface area contributed by atoms with Crippen LogP contribution in [0.1, 0.15) is 91.2 Å². The fourth-order valence-corrected chi connectivity index (χ4v) is 5.13. The predicted molar refractivity (Wildman–Crippen MR) is 131 cm³/mol. The molecule has 4 rings (SSSR count). The van der Waals surface area contributed by atoms with Gasteiger partial charge in [0.2, 0.25) is 0 Å². The fraction of sp³-hybridized carbons (Fsp3) is 0.414. The summed E-state index contributed by atoms with van der Waals surface area (Å²) in [5.41, 5.74) is 9.99. The quantitative estimate of drug-likeness (QED) is 0.500. The van der Waals surface area contributed by atoms with Gasteiger partial charge in [0.25, 0.3) is 0 Å². The molecule has 1 heterocycles. The minimum absolute atomic E-state index is 0.564. The summed E-state index contributed by atoms with van der Waals surface area (Å²) in [5, 5.41) is 9.03. The molecule has 1 saturated heterocycles. The van der Waals surface area contributed by atoms with Gasteiger partial charge in [-0.1, -0.05) is 50.3 Å². The highest BCUT2D eigenvalue weighted by atomic mass is 15.1. The lowest BCUT2D eigenvalue weighted by atomic mass is 9.75. The Balaban J connectivity index is 1.52. The summed E-state index contributed by atoms with van der Waals surface area (Å²) in [4.78, 5) is 2.47. The van der Waals surface area contributed by atoms with Gasteiger partial charge in [0.05, 0.1) is 11.6 Å². The molecule has 1 aliphatic carbocycles. The highest BCUT2D eigenvalue weighted by molar-refractivity contribution is 5.74. The standard InChI is InChI=1S/C29H34N2/c1-5-23-17-29(26-7-6-8-26)27(20(2)3)18-28(23)21(4)31-15-13-25(14-16-31)24-11-9-22(19-30)10-12-24/h9-12,17-18,25-26H,2,4-8,13-16H2,1,3H3. The molecule has 2 fully saturated rings. The fourth-order valence-electron chi connectivity index (χ4n) is 5.13. The third-order valence-electron chi connectivity index (χ3n) is 7.36. The molecule has 2 aromatic carbocycles. The Kier molecular flexibility index (Phi) is 6.33. The highest BCUT2D eigenvalue weighted by Gasteiger charge is 2.26. The smallest absolute Gasteiger partial charge is 0.0991 e. The van der Waals surface area contributed by atoms with E-state index in [4.69, 9.17) is 5.26 Å². The van der Waals surface area contributed by atoms with Crippen molar-refractivity contribution in [2.75, 3.05) is 13.1 Å². The Morgan fingerprint density at radius 1 is 1.00 bits per heavy atom. The zero-order valence-electron chi connectivity index (χ0n) is 19.1. The molecule has 2 nitrogen and oxygen atoms in total. The Morgan fingerprint density at radius 2 is 1.68 bits per heavy atom. The van der Waals surface area contributed by atoms with Gasteiger partial charge in [-0.15, -0.1) is 0 Å². The number of hydrogen-bond acceptors (Lipinski definition) is 2. The second-order valence-electron chi connectivity index (χ2n) is 9.30. The molecule has 1 aliphatic heterocycles. The van der Waals surface area contributed by atoms with Gasteiger partial charge < -0.3 is 4.90 Å². The van der Waals surface area contributed by atoms with Gasteiger partial charge in [0.1, 0.15) is 0 Å². The minimum Gasteiger partial charge on any atom is -0.371 e. The molecular weight excluding hydrogens is 376 g/mol. The van der Waals surface area contributed by atoms with Crippen LogP contribution < -0.4 is 0 Å². The molecule has 2 aromatic rings. The van der Waals surface area contributed by atoms with Crippen LogP contribution in [0.2, 0.25) is 0 Å². The monoisotopic (exact) mass is 410 g/mol. The van der Waals surface area contributed by atoms with E-state index in [1.54, 1.807) is 0 Å². The maximum atomic E-state index is 9.03. The molecule has 1 saturated carbocycles. The number of piperidine rings is 1. The molecule has 0 unspecified atom stereocenters. The van der Waals surface area contributed by atoms with E-state index < -0.39 is 0 Å². The average molecular weight is 411 g/mol. The number of hydrogen-bond donors (Lipinski definition) is 0. The maximum absolute atomic E-state index is 9.03. The lowest BCUT2D eigenvalue weighted by Crippen LogP contribution is -2.31. The first-order chi connectivity index (χ1) is 15.0. The Labute approximate surface area is 187 Å². The van der Waals surface area contributed by atoms with Crippen LogP contribution in [-0.2, 0) is 6.42 Å². The summed E-state index contributed by atoms with van der Waals surface area (Å²) in [5.74, 6) is 1.27. The van der Waals surface area contributed by atoms with Crippen molar-refractivity contribution in [3.05, 3.63) is 82.9 Å². The van der Waals surface area contributed by atoms with Crippen LogP contribution in [0, 0.1) is 11.3 Å². The molecule has 0 radical (unpaired) electrons. The van der Waals surface area contributed by atoms with E-state index in [1.807, 2.05) is 12.1 Å². The maximum Gasteiger partial charge on any atom is 0.0991 e. The number of aryl methyl sites for hydroxylation is 1. The number of likely N-dealkylation sites (tertiary alicyclic amines) is 1. The second kappa shape index (κ2) is 9.15. The number of rotatable bonds is 6. The predicted octanol–water partition coefficient (Wildman–Crippen LogP) is 7.27. The molecule has 2 aliphatic rings. The third-order valence-corrected chi connectivity index (χ3v) is 7.36. The molecule has 160 valence electrons. The van der Waals surface area contributed by atoms with Crippen LogP contribution in [0.25, 0.3) is 11.3 Å². The van der Waals surface area contributed by atoms with Crippen LogP contribution in [0.4, 0.5) is 0 Å². The first-order valence-corrected chi connectivity index (χ1v) is 11.8. The van der Waals surface area contributed by atoms with Crippen molar-refractivity contribution in [3.8, 4) is 6.07 Å². The molecule has 2 heteroatoms. The number of nitriles is 1. The van der Waals surface area contributed by atoms with Crippen molar-refractivity contribution in [1.29, 1.82) is 5.26 Å². The summed E-state index contributed by atoms with van der Waals surface area (Å²) in [6.45, 7) is 15.3. The van der Waals surface area contributed by atoms with Gasteiger partial charge in [-0.05, 0) is 91.3 Å². The SMILES string of the molecule is C=C(C)c1cc(C(=C)N2CCC(c3ccc(C#N)cc3)CC2)c(CC)cc1C1CCC1. The summed E-state index contributed by atoms with van der Waals surface area (Å²) >= 11 is 0. The van der Waals surface area contributed by atoms with Crippen molar-refractivity contribution < 1.29 is 0 Å². The highest BCUT2D eigenvalue weighted by Crippen LogP contribution is 2.42. The van der Waals surface area contributed by atoms with Gasteiger partial charge in [-0.25, -0.2) is 0 Å². The van der Waals surface area contributed by atoms with E-state index in [-0.39, 0.29) is 0 Å². The van der Waals surface area contributed by atoms with E-state index in [2.05, 4.69) is 62.2 Å². The first kappa shape index (κ1) is 21.4. The summed E-state index contributed by atoms with van der Waals surface area (Å²) < 4.78 is 0. The second-order valence-corrected chi connectivity index (χ2v) is 9.30. The minimum atomic E-state index is 0.564. The first-order valence-electron chi connectivity index (χ1n) is 11.8. The van der Waals surface area contributed by atoms with Crippen molar-refractivity contribution in [3.63, 3.8) is 0 Å². The molecule has 0 spiro atoms. The number of nitrogens with zero attached hydrogens (tertiary/aromatic N) is 2. The molecular formula is C29H34N2. The average Bonchev–Trinajstić information content (AvgIpc) is 2.77. The molecule has 0 atom stereocenters. The Morgan fingerprint density at radius 3 is 2.19 bits per heavy atom. The van der Waals surface area contributed by atoms with Crippen LogP contribution in [0.15, 0.2) is 49.6 Å². The Bertz CT molecular complexity index is 1010. The van der Waals surface area contributed by atoms with E-state index in [0.29, 0.717) is 11.8 Å². The molecule has 0 bridgehead atoms. The van der Waals surface area contributed by atoms with Crippen molar-refractivity contribution in [1.82, 2.24) is 4.90 Å².